The molecule has 0 unspecified atom stereocenters. The zero-order valence-corrected chi connectivity index (χ0v) is 21.8. The van der Waals surface area contributed by atoms with Crippen molar-refractivity contribution >= 4 is 17.8 Å². The highest BCUT2D eigenvalue weighted by Crippen LogP contribution is 2.17. The molecule has 0 spiro atoms. The number of aliphatic carboxylic acids is 1. The van der Waals surface area contributed by atoms with Crippen molar-refractivity contribution in [3.05, 3.63) is 34.4 Å². The number of hydrogen-bond donors (Lipinski definition) is 3. The Labute approximate surface area is 206 Å². The lowest BCUT2D eigenvalue weighted by Crippen LogP contribution is -2.19. The van der Waals surface area contributed by atoms with E-state index in [0.717, 1.165) is 18.4 Å². The van der Waals surface area contributed by atoms with E-state index in [1.807, 2.05) is 0 Å². The van der Waals surface area contributed by atoms with Crippen molar-refractivity contribution in [1.82, 2.24) is 0 Å². The standard InChI is InChI=1S/C18H36O2.C10H12N2O2/c1-2-3-4-5-6-7-8-9-10-11-12-13-14-15-16-17-18(19)20;1-5-3-4-7(9(11)13)6(2)8(5)10(12)14/h2-17H2,1H3,(H,19,20);3-4H,1-2H3,(H2,11,13)(H2,12,14). The predicted octanol–water partition coefficient (Wildman–Crippen LogP) is 6.83. The van der Waals surface area contributed by atoms with E-state index in [4.69, 9.17) is 16.6 Å². The van der Waals surface area contributed by atoms with Crippen molar-refractivity contribution in [2.24, 2.45) is 11.5 Å². The Morgan fingerprint density at radius 3 is 1.44 bits per heavy atom. The van der Waals surface area contributed by atoms with Crippen molar-refractivity contribution in [2.45, 2.75) is 124 Å². The average Bonchev–Trinajstić information content (AvgIpc) is 2.76. The van der Waals surface area contributed by atoms with E-state index in [2.05, 4.69) is 6.92 Å². The number of carbonyl (C=O) groups excluding carboxylic acids is 2. The second-order valence-corrected chi connectivity index (χ2v) is 9.25. The number of aryl methyl sites for hydroxylation is 1. The molecule has 0 aliphatic rings. The van der Waals surface area contributed by atoms with E-state index >= 15 is 0 Å². The van der Waals surface area contributed by atoms with Gasteiger partial charge in [0.05, 0.1) is 0 Å². The molecule has 6 nitrogen and oxygen atoms in total. The molecule has 0 aliphatic carbocycles. The summed E-state index contributed by atoms with van der Waals surface area (Å²) in [4.78, 5) is 32.4. The number of nitrogens with two attached hydrogens (primary N) is 2. The molecular formula is C28H48N2O4. The minimum Gasteiger partial charge on any atom is -0.481 e. The number of benzene rings is 1. The third-order valence-electron chi connectivity index (χ3n) is 6.18. The summed E-state index contributed by atoms with van der Waals surface area (Å²) in [5.41, 5.74) is 12.3. The molecule has 0 atom stereocenters. The van der Waals surface area contributed by atoms with E-state index in [0.29, 0.717) is 23.1 Å². The van der Waals surface area contributed by atoms with Gasteiger partial charge in [-0.05, 0) is 37.5 Å². The molecule has 0 aliphatic heterocycles. The molecule has 1 aromatic rings. The molecule has 194 valence electrons. The maximum absolute atomic E-state index is 11.1. The highest BCUT2D eigenvalue weighted by molar-refractivity contribution is 6.01. The van der Waals surface area contributed by atoms with Crippen LogP contribution in [0.15, 0.2) is 12.1 Å². The molecule has 0 bridgehead atoms. The van der Waals surface area contributed by atoms with Crippen LogP contribution in [0.2, 0.25) is 0 Å². The average molecular weight is 477 g/mol. The lowest BCUT2D eigenvalue weighted by atomic mass is 9.97. The summed E-state index contributed by atoms with van der Waals surface area (Å²) in [6, 6.07) is 3.26. The van der Waals surface area contributed by atoms with Gasteiger partial charge in [0.15, 0.2) is 0 Å². The van der Waals surface area contributed by atoms with Gasteiger partial charge in [-0.15, -0.1) is 0 Å². The number of amides is 2. The van der Waals surface area contributed by atoms with Gasteiger partial charge in [0, 0.05) is 17.5 Å². The number of carbonyl (C=O) groups is 3. The molecule has 0 saturated carbocycles. The first kappa shape index (κ1) is 31.6. The zero-order valence-electron chi connectivity index (χ0n) is 21.8. The first-order valence-electron chi connectivity index (χ1n) is 13.1. The molecule has 2 amide bonds. The lowest BCUT2D eigenvalue weighted by Gasteiger charge is -2.08. The normalized spacial score (nSPS) is 10.4. The maximum Gasteiger partial charge on any atom is 0.303 e. The number of carboxylic acid groups (broad SMARTS) is 1. The topological polar surface area (TPSA) is 123 Å². The summed E-state index contributed by atoms with van der Waals surface area (Å²) in [6.07, 6.45) is 20.2. The molecule has 0 aromatic heterocycles. The van der Waals surface area contributed by atoms with Gasteiger partial charge in [0.2, 0.25) is 11.8 Å². The molecule has 0 fully saturated rings. The van der Waals surface area contributed by atoms with Crippen LogP contribution >= 0.6 is 0 Å². The first-order valence-corrected chi connectivity index (χ1v) is 13.1. The third kappa shape index (κ3) is 15.5. The van der Waals surface area contributed by atoms with Crippen LogP contribution in [0.1, 0.15) is 141 Å². The van der Waals surface area contributed by atoms with E-state index in [9.17, 15) is 14.4 Å². The Kier molecular flexibility index (Phi) is 18.6. The van der Waals surface area contributed by atoms with Crippen molar-refractivity contribution in [3.63, 3.8) is 0 Å². The Hall–Kier alpha value is -2.37. The summed E-state index contributed by atoms with van der Waals surface area (Å²) in [6.45, 7) is 5.69. The molecule has 0 heterocycles. The molecule has 0 radical (unpaired) electrons. The van der Waals surface area contributed by atoms with Gasteiger partial charge in [0.1, 0.15) is 0 Å². The van der Waals surface area contributed by atoms with E-state index in [1.165, 1.54) is 83.5 Å². The highest BCUT2D eigenvalue weighted by Gasteiger charge is 2.14. The van der Waals surface area contributed by atoms with Gasteiger partial charge in [-0.2, -0.15) is 0 Å². The number of hydrogen-bond acceptors (Lipinski definition) is 3. The molecular weight excluding hydrogens is 428 g/mol. The van der Waals surface area contributed by atoms with Crippen LogP contribution in [-0.4, -0.2) is 22.9 Å². The van der Waals surface area contributed by atoms with Gasteiger partial charge in [0.25, 0.3) is 0 Å². The first-order chi connectivity index (χ1) is 16.2. The summed E-state index contributed by atoms with van der Waals surface area (Å²) < 4.78 is 0. The lowest BCUT2D eigenvalue weighted by molar-refractivity contribution is -0.137. The molecule has 5 N–H and O–H groups in total. The largest absolute Gasteiger partial charge is 0.481 e. The van der Waals surface area contributed by atoms with Crippen molar-refractivity contribution in [3.8, 4) is 0 Å². The minimum atomic E-state index is -0.653. The fourth-order valence-corrected chi connectivity index (χ4v) is 4.14. The maximum atomic E-state index is 11.1. The third-order valence-corrected chi connectivity index (χ3v) is 6.18. The quantitative estimate of drug-likeness (QED) is 0.201. The van der Waals surface area contributed by atoms with Crippen molar-refractivity contribution in [1.29, 1.82) is 0 Å². The smallest absolute Gasteiger partial charge is 0.303 e. The van der Waals surface area contributed by atoms with Gasteiger partial charge in [-0.1, -0.05) is 103 Å². The van der Waals surface area contributed by atoms with E-state index < -0.39 is 17.8 Å². The second kappa shape index (κ2) is 20.0. The highest BCUT2D eigenvalue weighted by atomic mass is 16.4. The van der Waals surface area contributed by atoms with E-state index in [1.54, 1.807) is 26.0 Å². The second-order valence-electron chi connectivity index (χ2n) is 9.25. The number of carboxylic acids is 1. The van der Waals surface area contributed by atoms with Crippen LogP contribution in [0, 0.1) is 13.8 Å². The molecule has 1 rings (SSSR count). The van der Waals surface area contributed by atoms with Crippen molar-refractivity contribution in [2.75, 3.05) is 0 Å². The summed E-state index contributed by atoms with van der Waals surface area (Å²) in [5, 5.41) is 8.52. The SMILES string of the molecule is CCCCCCCCCCCCCCCCCC(=O)O.Cc1ccc(C(N)=O)c(C)c1C(N)=O. The van der Waals surface area contributed by atoms with Crippen LogP contribution in [-0.2, 0) is 4.79 Å². The number of rotatable bonds is 18. The number of unbranched alkanes of at least 4 members (excludes halogenated alkanes) is 14. The van der Waals surface area contributed by atoms with Gasteiger partial charge in [-0.25, -0.2) is 0 Å². The van der Waals surface area contributed by atoms with Crippen LogP contribution in [0.5, 0.6) is 0 Å². The monoisotopic (exact) mass is 476 g/mol. The van der Waals surface area contributed by atoms with Crippen LogP contribution < -0.4 is 11.5 Å². The predicted molar refractivity (Wildman–Crippen MR) is 140 cm³/mol. The van der Waals surface area contributed by atoms with Crippen molar-refractivity contribution < 1.29 is 19.5 Å². The van der Waals surface area contributed by atoms with Crippen LogP contribution in [0.25, 0.3) is 0 Å². The van der Waals surface area contributed by atoms with E-state index in [-0.39, 0.29) is 0 Å². The van der Waals surface area contributed by atoms with Gasteiger partial charge < -0.3 is 16.6 Å². The Balaban J connectivity index is 0.000000679. The zero-order chi connectivity index (χ0) is 25.8. The Morgan fingerprint density at radius 2 is 1.09 bits per heavy atom. The molecule has 0 saturated heterocycles. The van der Waals surface area contributed by atoms with Crippen LogP contribution in [0.3, 0.4) is 0 Å². The van der Waals surface area contributed by atoms with Crippen LogP contribution in [0.4, 0.5) is 0 Å². The molecule has 6 heteroatoms. The fourth-order valence-electron chi connectivity index (χ4n) is 4.14. The summed E-state index contributed by atoms with van der Waals surface area (Å²) in [5.74, 6) is -1.74. The van der Waals surface area contributed by atoms with Gasteiger partial charge in [-0.3, -0.25) is 14.4 Å². The fraction of sp³-hybridized carbons (Fsp3) is 0.679. The minimum absolute atomic E-state index is 0.337. The summed E-state index contributed by atoms with van der Waals surface area (Å²) >= 11 is 0. The Bertz CT molecular complexity index is 731. The summed E-state index contributed by atoms with van der Waals surface area (Å²) in [7, 11) is 0. The Morgan fingerprint density at radius 1 is 0.676 bits per heavy atom. The van der Waals surface area contributed by atoms with Gasteiger partial charge >= 0.3 is 5.97 Å². The number of primary amides is 2. The molecule has 34 heavy (non-hydrogen) atoms. The molecule has 1 aromatic carbocycles.